The normalized spacial score (nSPS) is 13.2. The number of likely N-dealkylation sites (N-methyl/N-ethyl adjacent to an activating group) is 1. The highest BCUT2D eigenvalue weighted by Gasteiger charge is 2.31. The minimum absolute atomic E-state index is 0.0568. The number of allylic oxidation sites excluding steroid dienone is 2. The van der Waals surface area contributed by atoms with E-state index in [0.717, 1.165) is 32.1 Å². The number of quaternary nitrogens is 1. The largest absolute Gasteiger partial charge is 0.477 e. The molecule has 0 bridgehead atoms. The van der Waals surface area contributed by atoms with Gasteiger partial charge in [-0.05, 0) is 32.1 Å². The molecule has 0 spiro atoms. The molecule has 0 radical (unpaired) electrons. The van der Waals surface area contributed by atoms with Crippen LogP contribution in [-0.4, -0.2) is 80.6 Å². The van der Waals surface area contributed by atoms with Crippen molar-refractivity contribution in [2.45, 2.75) is 154 Å². The quantitative estimate of drug-likeness (QED) is 0.0380. The maximum absolute atomic E-state index is 12.5. The number of carboxylic acid groups (broad SMARTS) is 1. The Morgan fingerprint density at radius 2 is 1.19 bits per heavy atom. The summed E-state index contributed by atoms with van der Waals surface area (Å²) in [5.74, 6) is -1.51. The van der Waals surface area contributed by atoms with Crippen LogP contribution >= 0.6 is 0 Å². The number of nitrogens with zero attached hydrogens (tertiary/aromatic N) is 1. The molecule has 0 saturated heterocycles. The first kappa shape index (κ1) is 41.1. The fourth-order valence-electron chi connectivity index (χ4n) is 4.92. The molecule has 0 heterocycles. The summed E-state index contributed by atoms with van der Waals surface area (Å²) >= 11 is 0. The molecule has 8 nitrogen and oxygen atoms in total. The van der Waals surface area contributed by atoms with Crippen molar-refractivity contribution < 1.29 is 38.2 Å². The molecule has 0 fully saturated rings. The van der Waals surface area contributed by atoms with Crippen LogP contribution in [0, 0.1) is 0 Å². The summed E-state index contributed by atoms with van der Waals surface area (Å²) in [6, 6.07) is -0.611. The van der Waals surface area contributed by atoms with E-state index in [1.54, 1.807) is 0 Å². The number of ether oxygens (including phenoxy) is 3. The van der Waals surface area contributed by atoms with E-state index >= 15 is 0 Å². The number of hydrogen-bond acceptors (Lipinski definition) is 6. The maximum atomic E-state index is 12.5. The van der Waals surface area contributed by atoms with Gasteiger partial charge in [-0.15, -0.1) is 0 Å². The van der Waals surface area contributed by atoms with Crippen LogP contribution < -0.4 is 0 Å². The second kappa shape index (κ2) is 27.6. The van der Waals surface area contributed by atoms with Gasteiger partial charge in [-0.3, -0.25) is 9.59 Å². The lowest BCUT2D eigenvalue weighted by atomic mass is 10.1. The van der Waals surface area contributed by atoms with E-state index in [4.69, 9.17) is 14.2 Å². The van der Waals surface area contributed by atoms with Gasteiger partial charge in [0.1, 0.15) is 6.61 Å². The van der Waals surface area contributed by atoms with Gasteiger partial charge >= 0.3 is 17.9 Å². The second-order valence-electron chi connectivity index (χ2n) is 12.8. The first-order valence-electron chi connectivity index (χ1n) is 17.2. The zero-order valence-electron chi connectivity index (χ0n) is 28.4. The van der Waals surface area contributed by atoms with E-state index in [0.29, 0.717) is 25.7 Å². The molecule has 1 N–H and O–H groups in total. The molecule has 8 heteroatoms. The first-order chi connectivity index (χ1) is 20.6. The molecular weight excluding hydrogens is 546 g/mol. The lowest BCUT2D eigenvalue weighted by Crippen LogP contribution is -2.50. The van der Waals surface area contributed by atoms with Gasteiger partial charge in [0.2, 0.25) is 0 Å². The maximum Gasteiger partial charge on any atom is 0.362 e. The second-order valence-corrected chi connectivity index (χ2v) is 12.8. The molecule has 0 aliphatic heterocycles. The van der Waals surface area contributed by atoms with Crippen LogP contribution in [-0.2, 0) is 28.6 Å². The molecule has 252 valence electrons. The Balaban J connectivity index is 4.51. The predicted octanol–water partition coefficient (Wildman–Crippen LogP) is 8.02. The molecule has 2 atom stereocenters. The Morgan fingerprint density at radius 3 is 1.74 bits per heavy atom. The third-order valence-corrected chi connectivity index (χ3v) is 7.66. The number of unbranched alkanes of at least 4 members (excludes halogenated alkanes) is 14. The Hall–Kier alpha value is -1.93. The summed E-state index contributed by atoms with van der Waals surface area (Å²) in [6.07, 6.45) is 24.1. The topological polar surface area (TPSA) is 99.1 Å². The summed E-state index contributed by atoms with van der Waals surface area (Å²) in [6.45, 7) is 4.64. The van der Waals surface area contributed by atoms with Gasteiger partial charge in [0, 0.05) is 19.3 Å². The van der Waals surface area contributed by atoms with Crippen molar-refractivity contribution in [2.24, 2.45) is 0 Å². The highest BCUT2D eigenvalue weighted by molar-refractivity contribution is 5.72. The number of rotatable bonds is 30. The predicted molar refractivity (Wildman–Crippen MR) is 174 cm³/mol. The SMILES string of the molecule is CCCCCC/C=C/CCCC(=O)OCC(COCCC(C(=O)O)[N+](C)(C)C)OC(=O)CCCCCCCCCCCC. The van der Waals surface area contributed by atoms with Gasteiger partial charge < -0.3 is 23.8 Å². The fraction of sp³-hybridized carbons (Fsp3) is 0.857. The molecule has 0 aliphatic carbocycles. The van der Waals surface area contributed by atoms with E-state index in [2.05, 4.69) is 26.0 Å². The molecular formula is C35H66NO7+. The minimum atomic E-state index is -0.879. The van der Waals surface area contributed by atoms with Crippen LogP contribution in [0.15, 0.2) is 12.2 Å². The van der Waals surface area contributed by atoms with Gasteiger partial charge in [0.15, 0.2) is 12.1 Å². The third-order valence-electron chi connectivity index (χ3n) is 7.66. The Labute approximate surface area is 263 Å². The highest BCUT2D eigenvalue weighted by Crippen LogP contribution is 2.13. The van der Waals surface area contributed by atoms with Crippen molar-refractivity contribution in [3.8, 4) is 0 Å². The lowest BCUT2D eigenvalue weighted by Gasteiger charge is -2.31. The number of esters is 2. The van der Waals surface area contributed by atoms with Crippen LogP contribution in [0.5, 0.6) is 0 Å². The lowest BCUT2D eigenvalue weighted by molar-refractivity contribution is -0.887. The molecule has 0 saturated carbocycles. The monoisotopic (exact) mass is 612 g/mol. The number of carbonyl (C=O) groups is 3. The Kier molecular flexibility index (Phi) is 26.4. The van der Waals surface area contributed by atoms with Crippen molar-refractivity contribution in [2.75, 3.05) is 41.0 Å². The third kappa shape index (κ3) is 26.2. The molecule has 0 aromatic heterocycles. The van der Waals surface area contributed by atoms with Crippen molar-refractivity contribution in [3.05, 3.63) is 12.2 Å². The zero-order chi connectivity index (χ0) is 32.2. The van der Waals surface area contributed by atoms with Crippen molar-refractivity contribution in [1.29, 1.82) is 0 Å². The zero-order valence-corrected chi connectivity index (χ0v) is 28.4. The number of carbonyl (C=O) groups excluding carboxylic acids is 2. The van der Waals surface area contributed by atoms with Crippen LogP contribution in [0.2, 0.25) is 0 Å². The van der Waals surface area contributed by atoms with Crippen LogP contribution in [0.25, 0.3) is 0 Å². The summed E-state index contributed by atoms with van der Waals surface area (Å²) in [4.78, 5) is 36.5. The summed E-state index contributed by atoms with van der Waals surface area (Å²) in [7, 11) is 5.50. The molecule has 0 rings (SSSR count). The summed E-state index contributed by atoms with van der Waals surface area (Å²) < 4.78 is 17.1. The standard InChI is InChI=1S/C35H65NO7/c1-6-8-10-12-14-16-18-20-22-24-26-34(38)43-31(29-41-28-27-32(35(39)40)36(3,4)5)30-42-33(37)25-23-21-19-17-15-13-11-9-7-2/h17,19,31-32H,6-16,18,20-30H2,1-5H3/p+1/b19-17+. The van der Waals surface area contributed by atoms with Crippen molar-refractivity contribution in [1.82, 2.24) is 0 Å². The summed E-state index contributed by atoms with van der Waals surface area (Å²) in [5.41, 5.74) is 0. The Morgan fingerprint density at radius 1 is 0.674 bits per heavy atom. The van der Waals surface area contributed by atoms with Gasteiger partial charge in [0.05, 0.1) is 34.4 Å². The molecule has 0 aromatic rings. The summed E-state index contributed by atoms with van der Waals surface area (Å²) in [5, 5.41) is 9.54. The molecule has 0 aromatic carbocycles. The first-order valence-corrected chi connectivity index (χ1v) is 17.2. The van der Waals surface area contributed by atoms with Crippen LogP contribution in [0.4, 0.5) is 0 Å². The molecule has 0 amide bonds. The number of aliphatic carboxylic acids is 1. The smallest absolute Gasteiger partial charge is 0.362 e. The van der Waals surface area contributed by atoms with Crippen LogP contribution in [0.3, 0.4) is 0 Å². The average Bonchev–Trinajstić information content (AvgIpc) is 2.94. The fourth-order valence-corrected chi connectivity index (χ4v) is 4.92. The molecule has 2 unspecified atom stereocenters. The highest BCUT2D eigenvalue weighted by atomic mass is 16.6. The molecule has 43 heavy (non-hydrogen) atoms. The minimum Gasteiger partial charge on any atom is -0.477 e. The average molecular weight is 613 g/mol. The number of carboxylic acids is 1. The molecule has 0 aliphatic rings. The Bertz CT molecular complexity index is 732. The van der Waals surface area contributed by atoms with Crippen molar-refractivity contribution in [3.63, 3.8) is 0 Å². The van der Waals surface area contributed by atoms with E-state index in [1.165, 1.54) is 70.6 Å². The number of hydrogen-bond donors (Lipinski definition) is 1. The van der Waals surface area contributed by atoms with E-state index < -0.39 is 18.1 Å². The van der Waals surface area contributed by atoms with E-state index in [1.807, 2.05) is 21.1 Å². The van der Waals surface area contributed by atoms with Gasteiger partial charge in [-0.2, -0.15) is 0 Å². The van der Waals surface area contributed by atoms with Gasteiger partial charge in [-0.25, -0.2) is 4.79 Å². The van der Waals surface area contributed by atoms with E-state index in [9.17, 15) is 19.5 Å². The van der Waals surface area contributed by atoms with Crippen molar-refractivity contribution >= 4 is 17.9 Å². The van der Waals surface area contributed by atoms with Crippen LogP contribution in [0.1, 0.15) is 142 Å². The van der Waals surface area contributed by atoms with Gasteiger partial charge in [-0.1, -0.05) is 103 Å². The van der Waals surface area contributed by atoms with Gasteiger partial charge in [0.25, 0.3) is 0 Å². The van der Waals surface area contributed by atoms with E-state index in [-0.39, 0.29) is 36.2 Å².